The summed E-state index contributed by atoms with van der Waals surface area (Å²) in [5.74, 6) is -1.16. The van der Waals surface area contributed by atoms with Gasteiger partial charge in [-0.3, -0.25) is 4.79 Å². The van der Waals surface area contributed by atoms with E-state index >= 15 is 0 Å². The molecule has 0 aliphatic carbocycles. The number of hydrogen-bond donors (Lipinski definition) is 2. The molecule has 2 heterocycles. The molecule has 1 unspecified atom stereocenters. The third kappa shape index (κ3) is 3.78. The van der Waals surface area contributed by atoms with Gasteiger partial charge in [0.2, 0.25) is 5.91 Å². The van der Waals surface area contributed by atoms with Crippen molar-refractivity contribution >= 4 is 11.9 Å². The van der Waals surface area contributed by atoms with Gasteiger partial charge in [0.15, 0.2) is 5.69 Å². The number of imidazole rings is 1. The zero-order valence-electron chi connectivity index (χ0n) is 10.5. The molecule has 1 atom stereocenters. The SMILES string of the molecule is O=C(O)c1cn(CCNC(=O)C2CCCCO2)cn1. The smallest absolute Gasteiger partial charge is 0.356 e. The van der Waals surface area contributed by atoms with Gasteiger partial charge in [-0.1, -0.05) is 0 Å². The number of ether oxygens (including phenoxy) is 1. The average molecular weight is 267 g/mol. The van der Waals surface area contributed by atoms with E-state index in [1.54, 1.807) is 4.57 Å². The van der Waals surface area contributed by atoms with Gasteiger partial charge >= 0.3 is 5.97 Å². The van der Waals surface area contributed by atoms with E-state index < -0.39 is 5.97 Å². The second-order valence-electron chi connectivity index (χ2n) is 4.45. The monoisotopic (exact) mass is 267 g/mol. The fourth-order valence-electron chi connectivity index (χ4n) is 1.96. The van der Waals surface area contributed by atoms with E-state index in [9.17, 15) is 9.59 Å². The first-order valence-electron chi connectivity index (χ1n) is 6.31. The Hall–Kier alpha value is -1.89. The van der Waals surface area contributed by atoms with E-state index in [4.69, 9.17) is 9.84 Å². The Morgan fingerprint density at radius 3 is 3.00 bits per heavy atom. The minimum atomic E-state index is -1.06. The Labute approximate surface area is 110 Å². The standard InChI is InChI=1S/C12H17N3O4/c16-11(10-3-1-2-6-19-10)13-4-5-15-7-9(12(17)18)14-8-15/h7-8,10H,1-6H2,(H,13,16)(H,17,18). The van der Waals surface area contributed by atoms with E-state index in [2.05, 4.69) is 10.3 Å². The van der Waals surface area contributed by atoms with Gasteiger partial charge in [0, 0.05) is 25.9 Å². The van der Waals surface area contributed by atoms with E-state index in [1.165, 1.54) is 12.5 Å². The van der Waals surface area contributed by atoms with Crippen molar-refractivity contribution in [3.05, 3.63) is 18.2 Å². The molecule has 1 aromatic heterocycles. The molecule has 19 heavy (non-hydrogen) atoms. The minimum absolute atomic E-state index is 0.00180. The van der Waals surface area contributed by atoms with Crippen LogP contribution in [-0.4, -0.2) is 45.8 Å². The van der Waals surface area contributed by atoms with Crippen molar-refractivity contribution in [2.24, 2.45) is 0 Å². The highest BCUT2D eigenvalue weighted by Gasteiger charge is 2.21. The number of nitrogens with one attached hydrogen (secondary N) is 1. The number of carbonyl (C=O) groups is 2. The third-order valence-corrected chi connectivity index (χ3v) is 2.99. The molecule has 1 aromatic rings. The molecule has 0 spiro atoms. The Bertz CT molecular complexity index is 452. The summed E-state index contributed by atoms with van der Waals surface area (Å²) in [5.41, 5.74) is 0.00180. The molecule has 0 radical (unpaired) electrons. The maximum Gasteiger partial charge on any atom is 0.356 e. The van der Waals surface area contributed by atoms with Gasteiger partial charge < -0.3 is 19.7 Å². The summed E-state index contributed by atoms with van der Waals surface area (Å²) in [7, 11) is 0. The van der Waals surface area contributed by atoms with Gasteiger partial charge in [-0.25, -0.2) is 9.78 Å². The average Bonchev–Trinajstić information content (AvgIpc) is 2.89. The maximum absolute atomic E-state index is 11.7. The normalized spacial score (nSPS) is 19.1. The van der Waals surface area contributed by atoms with Gasteiger partial charge in [0.25, 0.3) is 0 Å². The van der Waals surface area contributed by atoms with Crippen molar-refractivity contribution < 1.29 is 19.4 Å². The first-order valence-corrected chi connectivity index (χ1v) is 6.31. The topological polar surface area (TPSA) is 93.5 Å². The number of carboxylic acids is 1. The highest BCUT2D eigenvalue weighted by molar-refractivity contribution is 5.84. The van der Waals surface area contributed by atoms with Crippen molar-refractivity contribution in [1.29, 1.82) is 0 Å². The number of aromatic nitrogens is 2. The zero-order chi connectivity index (χ0) is 13.7. The number of hydrogen-bond acceptors (Lipinski definition) is 4. The van der Waals surface area contributed by atoms with E-state index in [1.807, 2.05) is 0 Å². The molecule has 1 fully saturated rings. The Morgan fingerprint density at radius 1 is 1.53 bits per heavy atom. The van der Waals surface area contributed by atoms with Crippen LogP contribution in [0.1, 0.15) is 29.8 Å². The van der Waals surface area contributed by atoms with Crippen LogP contribution in [0, 0.1) is 0 Å². The molecule has 1 aliphatic rings. The first-order chi connectivity index (χ1) is 9.16. The highest BCUT2D eigenvalue weighted by atomic mass is 16.5. The zero-order valence-corrected chi connectivity index (χ0v) is 10.5. The molecule has 7 heteroatoms. The number of nitrogens with zero attached hydrogens (tertiary/aromatic N) is 2. The lowest BCUT2D eigenvalue weighted by Gasteiger charge is -2.21. The van der Waals surface area contributed by atoms with Gasteiger partial charge in [-0.15, -0.1) is 0 Å². The van der Waals surface area contributed by atoms with Gasteiger partial charge in [0.1, 0.15) is 6.10 Å². The van der Waals surface area contributed by atoms with Gasteiger partial charge in [-0.05, 0) is 19.3 Å². The van der Waals surface area contributed by atoms with Crippen molar-refractivity contribution in [2.45, 2.75) is 31.9 Å². The lowest BCUT2D eigenvalue weighted by molar-refractivity contribution is -0.135. The van der Waals surface area contributed by atoms with Crippen molar-refractivity contribution in [1.82, 2.24) is 14.9 Å². The summed E-state index contributed by atoms with van der Waals surface area (Å²) in [6.45, 7) is 1.55. The van der Waals surface area contributed by atoms with Crippen LogP contribution in [0.2, 0.25) is 0 Å². The predicted molar refractivity (Wildman–Crippen MR) is 65.8 cm³/mol. The van der Waals surface area contributed by atoms with E-state index in [-0.39, 0.29) is 17.7 Å². The van der Waals surface area contributed by atoms with Crippen molar-refractivity contribution in [3.63, 3.8) is 0 Å². The largest absolute Gasteiger partial charge is 0.476 e. The molecule has 104 valence electrons. The lowest BCUT2D eigenvalue weighted by atomic mass is 10.1. The number of aromatic carboxylic acids is 1. The van der Waals surface area contributed by atoms with Gasteiger partial charge in [0.05, 0.1) is 6.33 Å². The van der Waals surface area contributed by atoms with E-state index in [0.29, 0.717) is 19.7 Å². The molecular formula is C12H17N3O4. The van der Waals surface area contributed by atoms with Crippen LogP contribution in [0.15, 0.2) is 12.5 Å². The number of carboxylic acid groups (broad SMARTS) is 1. The van der Waals surface area contributed by atoms with Crippen molar-refractivity contribution in [3.8, 4) is 0 Å². The summed E-state index contributed by atoms with van der Waals surface area (Å²) in [6, 6.07) is 0. The summed E-state index contributed by atoms with van der Waals surface area (Å²) in [4.78, 5) is 26.1. The molecule has 0 aromatic carbocycles. The third-order valence-electron chi connectivity index (χ3n) is 2.99. The number of carbonyl (C=O) groups excluding carboxylic acids is 1. The van der Waals surface area contributed by atoms with Crippen LogP contribution in [-0.2, 0) is 16.1 Å². The number of amides is 1. The molecule has 0 saturated carbocycles. The highest BCUT2D eigenvalue weighted by Crippen LogP contribution is 2.12. The summed E-state index contributed by atoms with van der Waals surface area (Å²) < 4.78 is 7.00. The fraction of sp³-hybridized carbons (Fsp3) is 0.583. The Kier molecular flexibility index (Phi) is 4.51. The molecule has 2 N–H and O–H groups in total. The fourth-order valence-corrected chi connectivity index (χ4v) is 1.96. The minimum Gasteiger partial charge on any atom is -0.476 e. The summed E-state index contributed by atoms with van der Waals surface area (Å²) in [5, 5.41) is 11.5. The first kappa shape index (κ1) is 13.5. The van der Waals surface area contributed by atoms with Crippen LogP contribution >= 0.6 is 0 Å². The Morgan fingerprint density at radius 2 is 2.37 bits per heavy atom. The molecule has 7 nitrogen and oxygen atoms in total. The van der Waals surface area contributed by atoms with Crippen molar-refractivity contribution in [2.75, 3.05) is 13.2 Å². The second-order valence-corrected chi connectivity index (χ2v) is 4.45. The quantitative estimate of drug-likeness (QED) is 0.798. The van der Waals surface area contributed by atoms with Crippen LogP contribution < -0.4 is 5.32 Å². The van der Waals surface area contributed by atoms with Crippen LogP contribution in [0.3, 0.4) is 0 Å². The Balaban J connectivity index is 1.73. The molecule has 0 bridgehead atoms. The molecule has 1 amide bonds. The second kappa shape index (κ2) is 6.33. The molecular weight excluding hydrogens is 250 g/mol. The van der Waals surface area contributed by atoms with Crippen LogP contribution in [0.4, 0.5) is 0 Å². The number of rotatable bonds is 5. The summed E-state index contributed by atoms with van der Waals surface area (Å²) >= 11 is 0. The van der Waals surface area contributed by atoms with E-state index in [0.717, 1.165) is 19.3 Å². The molecule has 2 rings (SSSR count). The lowest BCUT2D eigenvalue weighted by Crippen LogP contribution is -2.39. The van der Waals surface area contributed by atoms with Crippen LogP contribution in [0.25, 0.3) is 0 Å². The molecule has 1 aliphatic heterocycles. The predicted octanol–water partition coefficient (Wildman–Crippen LogP) is 0.267. The van der Waals surface area contributed by atoms with Gasteiger partial charge in [-0.2, -0.15) is 0 Å². The maximum atomic E-state index is 11.7. The molecule has 1 saturated heterocycles. The summed E-state index contributed by atoms with van der Waals surface area (Å²) in [6.07, 6.45) is 5.32. The van der Waals surface area contributed by atoms with Crippen LogP contribution in [0.5, 0.6) is 0 Å².